The first kappa shape index (κ1) is 15.0. The van der Waals surface area contributed by atoms with Crippen LogP contribution in [0.2, 0.25) is 5.02 Å². The highest BCUT2D eigenvalue weighted by molar-refractivity contribution is 7.90. The lowest BCUT2D eigenvalue weighted by molar-refractivity contribution is -0.383. The van der Waals surface area contributed by atoms with E-state index in [4.69, 9.17) is 16.3 Å². The zero-order chi connectivity index (χ0) is 14.8. The van der Waals surface area contributed by atoms with Gasteiger partial charge in [-0.05, 0) is 12.1 Å². The van der Waals surface area contributed by atoms with Crippen molar-refractivity contribution in [3.8, 4) is 0 Å². The van der Waals surface area contributed by atoms with E-state index in [-0.39, 0.29) is 23.8 Å². The minimum Gasteiger partial charge on any atom is -0.379 e. The van der Waals surface area contributed by atoms with Gasteiger partial charge in [-0.1, -0.05) is 11.6 Å². The van der Waals surface area contributed by atoms with Gasteiger partial charge in [-0.2, -0.15) is 12.7 Å². The van der Waals surface area contributed by atoms with Gasteiger partial charge in [0.2, 0.25) is 0 Å². The number of nitro groups is 1. The summed E-state index contributed by atoms with van der Waals surface area (Å²) in [4.78, 5) is 10.2. The molecule has 1 aromatic carbocycles. The summed E-state index contributed by atoms with van der Waals surface area (Å²) in [6.07, 6.45) is 0. The molecule has 1 N–H and O–H groups in total. The molecular weight excluding hydrogens is 310 g/mol. The second kappa shape index (κ2) is 5.92. The Labute approximate surface area is 120 Å². The Balaban J connectivity index is 2.27. The van der Waals surface area contributed by atoms with Gasteiger partial charge in [-0.15, -0.1) is 0 Å². The first-order valence-electron chi connectivity index (χ1n) is 5.70. The van der Waals surface area contributed by atoms with Crippen molar-refractivity contribution >= 4 is 33.2 Å². The maximum absolute atomic E-state index is 12.1. The van der Waals surface area contributed by atoms with Crippen LogP contribution in [-0.4, -0.2) is 43.9 Å². The van der Waals surface area contributed by atoms with Crippen LogP contribution in [0.5, 0.6) is 0 Å². The van der Waals surface area contributed by atoms with E-state index in [9.17, 15) is 18.5 Å². The second-order valence-corrected chi connectivity index (χ2v) is 6.14. The predicted molar refractivity (Wildman–Crippen MR) is 73.0 cm³/mol. The van der Waals surface area contributed by atoms with Crippen LogP contribution in [0.4, 0.5) is 11.4 Å². The van der Waals surface area contributed by atoms with Crippen LogP contribution < -0.4 is 4.72 Å². The Hall–Kier alpha value is -1.42. The van der Waals surface area contributed by atoms with Gasteiger partial charge in [0.15, 0.2) is 0 Å². The summed E-state index contributed by atoms with van der Waals surface area (Å²) in [6, 6.07) is 3.74. The third-order valence-electron chi connectivity index (χ3n) is 2.71. The number of hydrogen-bond acceptors (Lipinski definition) is 5. The van der Waals surface area contributed by atoms with Crippen LogP contribution in [0.25, 0.3) is 0 Å². The van der Waals surface area contributed by atoms with Crippen LogP contribution in [0, 0.1) is 10.1 Å². The Morgan fingerprint density at radius 2 is 2.00 bits per heavy atom. The third-order valence-corrected chi connectivity index (χ3v) is 4.46. The topological polar surface area (TPSA) is 102 Å². The third kappa shape index (κ3) is 3.37. The zero-order valence-electron chi connectivity index (χ0n) is 10.3. The first-order chi connectivity index (χ1) is 9.40. The molecule has 0 radical (unpaired) electrons. The fraction of sp³-hybridized carbons (Fsp3) is 0.400. The maximum atomic E-state index is 12.1. The molecule has 20 heavy (non-hydrogen) atoms. The van der Waals surface area contributed by atoms with Gasteiger partial charge in [0.25, 0.3) is 5.69 Å². The van der Waals surface area contributed by atoms with Crippen molar-refractivity contribution < 1.29 is 18.1 Å². The monoisotopic (exact) mass is 321 g/mol. The lowest BCUT2D eigenvalue weighted by Gasteiger charge is -2.26. The summed E-state index contributed by atoms with van der Waals surface area (Å²) in [6.45, 7) is 1.00. The molecule has 1 saturated heterocycles. The van der Waals surface area contributed by atoms with E-state index >= 15 is 0 Å². The van der Waals surface area contributed by atoms with E-state index in [0.29, 0.717) is 13.2 Å². The molecule has 1 aliphatic heterocycles. The largest absolute Gasteiger partial charge is 0.379 e. The van der Waals surface area contributed by atoms with Gasteiger partial charge >= 0.3 is 10.2 Å². The molecule has 0 bridgehead atoms. The molecule has 1 heterocycles. The van der Waals surface area contributed by atoms with Crippen molar-refractivity contribution in [1.82, 2.24) is 4.31 Å². The normalized spacial score (nSPS) is 16.9. The molecule has 10 heteroatoms. The van der Waals surface area contributed by atoms with Crippen LogP contribution in [0.15, 0.2) is 18.2 Å². The summed E-state index contributed by atoms with van der Waals surface area (Å²) in [5.41, 5.74) is -0.514. The zero-order valence-corrected chi connectivity index (χ0v) is 11.9. The number of anilines is 1. The second-order valence-electron chi connectivity index (χ2n) is 4.04. The quantitative estimate of drug-likeness (QED) is 0.664. The number of nitro benzene ring substituents is 1. The van der Waals surface area contributed by atoms with E-state index in [1.165, 1.54) is 16.4 Å². The average molecular weight is 322 g/mol. The summed E-state index contributed by atoms with van der Waals surface area (Å²) in [5.74, 6) is 0. The molecule has 2 rings (SSSR count). The standard InChI is InChI=1S/C10H12ClN3O5S/c11-8-1-2-9(10(7-8)14(15)16)12-20(17,18)13-3-5-19-6-4-13/h1-2,7,12H,3-6H2. The number of nitrogens with one attached hydrogen (secondary N) is 1. The molecule has 0 unspecified atom stereocenters. The Morgan fingerprint density at radius 1 is 1.35 bits per heavy atom. The average Bonchev–Trinajstić information content (AvgIpc) is 2.41. The summed E-state index contributed by atoms with van der Waals surface area (Å²) >= 11 is 5.67. The molecule has 0 atom stereocenters. The number of nitrogens with zero attached hydrogens (tertiary/aromatic N) is 2. The van der Waals surface area contributed by atoms with Gasteiger partial charge in [-0.3, -0.25) is 14.8 Å². The van der Waals surface area contributed by atoms with E-state index in [2.05, 4.69) is 4.72 Å². The number of morpholine rings is 1. The van der Waals surface area contributed by atoms with Crippen molar-refractivity contribution in [2.24, 2.45) is 0 Å². The highest BCUT2D eigenvalue weighted by atomic mass is 35.5. The SMILES string of the molecule is O=[N+]([O-])c1cc(Cl)ccc1NS(=O)(=O)N1CCOCC1. The van der Waals surface area contributed by atoms with E-state index in [1.54, 1.807) is 0 Å². The Bertz CT molecular complexity index is 615. The summed E-state index contributed by atoms with van der Waals surface area (Å²) in [5, 5.41) is 11.1. The number of hydrogen-bond donors (Lipinski definition) is 1. The first-order valence-corrected chi connectivity index (χ1v) is 7.51. The molecule has 1 aliphatic rings. The number of halogens is 1. The number of benzene rings is 1. The van der Waals surface area contributed by atoms with E-state index in [1.807, 2.05) is 0 Å². The lowest BCUT2D eigenvalue weighted by Crippen LogP contribution is -2.43. The molecular formula is C10H12ClN3O5S. The van der Waals surface area contributed by atoms with Gasteiger partial charge in [0.05, 0.1) is 18.1 Å². The fourth-order valence-corrected chi connectivity index (χ4v) is 3.11. The van der Waals surface area contributed by atoms with E-state index < -0.39 is 20.8 Å². The van der Waals surface area contributed by atoms with Gasteiger partial charge in [0.1, 0.15) is 5.69 Å². The van der Waals surface area contributed by atoms with Crippen LogP contribution in [0.3, 0.4) is 0 Å². The Kier molecular flexibility index (Phi) is 4.43. The minimum absolute atomic E-state index is 0.120. The molecule has 0 saturated carbocycles. The van der Waals surface area contributed by atoms with Gasteiger partial charge in [-0.25, -0.2) is 0 Å². The number of rotatable bonds is 4. The Morgan fingerprint density at radius 3 is 2.60 bits per heavy atom. The summed E-state index contributed by atoms with van der Waals surface area (Å²) in [7, 11) is -3.85. The lowest BCUT2D eigenvalue weighted by atomic mass is 10.3. The molecule has 0 spiro atoms. The minimum atomic E-state index is -3.85. The molecule has 0 aliphatic carbocycles. The van der Waals surface area contributed by atoms with Crippen molar-refractivity contribution in [3.63, 3.8) is 0 Å². The van der Waals surface area contributed by atoms with Crippen LogP contribution >= 0.6 is 11.6 Å². The summed E-state index contributed by atoms with van der Waals surface area (Å²) < 4.78 is 32.7. The maximum Gasteiger partial charge on any atom is 0.302 e. The molecule has 1 aromatic rings. The molecule has 1 fully saturated rings. The molecule has 110 valence electrons. The predicted octanol–water partition coefficient (Wildman–Crippen LogP) is 1.24. The fourth-order valence-electron chi connectivity index (χ4n) is 1.73. The highest BCUT2D eigenvalue weighted by Crippen LogP contribution is 2.29. The highest BCUT2D eigenvalue weighted by Gasteiger charge is 2.27. The smallest absolute Gasteiger partial charge is 0.302 e. The number of ether oxygens (including phenoxy) is 1. The van der Waals surface area contributed by atoms with Crippen molar-refractivity contribution in [3.05, 3.63) is 33.3 Å². The van der Waals surface area contributed by atoms with Crippen molar-refractivity contribution in [1.29, 1.82) is 0 Å². The van der Waals surface area contributed by atoms with Crippen LogP contribution in [-0.2, 0) is 14.9 Å². The van der Waals surface area contributed by atoms with Crippen molar-refractivity contribution in [2.45, 2.75) is 0 Å². The van der Waals surface area contributed by atoms with Gasteiger partial charge in [0, 0.05) is 24.2 Å². The molecule has 0 aromatic heterocycles. The van der Waals surface area contributed by atoms with Gasteiger partial charge < -0.3 is 4.74 Å². The molecule has 0 amide bonds. The van der Waals surface area contributed by atoms with Crippen molar-refractivity contribution in [2.75, 3.05) is 31.0 Å². The molecule has 8 nitrogen and oxygen atoms in total. The van der Waals surface area contributed by atoms with Crippen LogP contribution in [0.1, 0.15) is 0 Å². The van der Waals surface area contributed by atoms with E-state index in [0.717, 1.165) is 6.07 Å².